The van der Waals surface area contributed by atoms with E-state index in [1.807, 2.05) is 24.1 Å². The number of nitrogens with one attached hydrogen (secondary N) is 1. The van der Waals surface area contributed by atoms with Crippen LogP contribution in [0.4, 0.5) is 9.18 Å². The first-order valence-corrected chi connectivity index (χ1v) is 11.2. The van der Waals surface area contributed by atoms with Gasteiger partial charge in [-0.2, -0.15) is 0 Å². The number of likely N-dealkylation sites (N-methyl/N-ethyl adjacent to an activating group) is 2. The molecule has 2 aromatic rings. The van der Waals surface area contributed by atoms with Gasteiger partial charge in [0.05, 0.1) is 6.04 Å². The molecule has 4 atom stereocenters. The molecule has 2 fully saturated rings. The maximum Gasteiger partial charge on any atom is 0.410 e. The lowest BCUT2D eigenvalue weighted by molar-refractivity contribution is 0.0331. The van der Waals surface area contributed by atoms with E-state index in [9.17, 15) is 9.18 Å². The Morgan fingerprint density at radius 1 is 1.19 bits per heavy atom. The van der Waals surface area contributed by atoms with E-state index in [2.05, 4.69) is 29.4 Å². The van der Waals surface area contributed by atoms with Crippen LogP contribution in [-0.2, 0) is 11.2 Å². The number of benzene rings is 2. The van der Waals surface area contributed by atoms with Gasteiger partial charge in [0.2, 0.25) is 0 Å². The molecule has 1 saturated heterocycles. The second-order valence-corrected chi connectivity index (χ2v) is 9.27. The number of halogens is 1. The number of hydrogen-bond acceptors (Lipinski definition) is 4. The van der Waals surface area contributed by atoms with Gasteiger partial charge in [0, 0.05) is 31.1 Å². The highest BCUT2D eigenvalue weighted by Gasteiger charge is 2.54. The molecule has 2 aromatic carbocycles. The second-order valence-electron chi connectivity index (χ2n) is 9.27. The monoisotopic (exact) mass is 423 g/mol. The number of likely N-dealkylation sites (tertiary alicyclic amines) is 1. The third kappa shape index (κ3) is 3.52. The maximum absolute atomic E-state index is 13.6. The van der Waals surface area contributed by atoms with Gasteiger partial charge in [-0.3, -0.25) is 4.90 Å². The van der Waals surface area contributed by atoms with Crippen LogP contribution in [0.15, 0.2) is 48.5 Å². The van der Waals surface area contributed by atoms with E-state index in [0.29, 0.717) is 12.5 Å². The molecule has 1 unspecified atom stereocenters. The lowest BCUT2D eigenvalue weighted by Gasteiger charge is -2.38. The predicted octanol–water partition coefficient (Wildman–Crippen LogP) is 3.59. The minimum Gasteiger partial charge on any atom is -0.446 e. The molecule has 3 aliphatic rings. The summed E-state index contributed by atoms with van der Waals surface area (Å²) in [6.45, 7) is 2.51. The van der Waals surface area contributed by atoms with Crippen molar-refractivity contribution in [3.63, 3.8) is 0 Å². The Labute approximate surface area is 183 Å². The highest BCUT2D eigenvalue weighted by Crippen LogP contribution is 2.43. The molecule has 5 rings (SSSR count). The first kappa shape index (κ1) is 20.5. The molecule has 1 amide bonds. The fourth-order valence-corrected chi connectivity index (χ4v) is 6.01. The Hall–Kier alpha value is -2.44. The van der Waals surface area contributed by atoms with Crippen LogP contribution in [0.5, 0.6) is 0 Å². The summed E-state index contributed by atoms with van der Waals surface area (Å²) in [5.41, 5.74) is 3.26. The number of ether oxygens (including phenoxy) is 1. The quantitative estimate of drug-likeness (QED) is 0.820. The fraction of sp³-hybridized carbons (Fsp3) is 0.480. The van der Waals surface area contributed by atoms with Crippen LogP contribution in [0.1, 0.15) is 35.6 Å². The van der Waals surface area contributed by atoms with Crippen LogP contribution in [0.3, 0.4) is 0 Å². The summed E-state index contributed by atoms with van der Waals surface area (Å²) in [5.74, 6) is 0.0227. The Balaban J connectivity index is 1.42. The zero-order chi connectivity index (χ0) is 21.6. The number of amides is 1. The Bertz CT molecular complexity index is 965. The molecular formula is C25H30FN3O2. The van der Waals surface area contributed by atoms with Gasteiger partial charge in [0.25, 0.3) is 0 Å². The van der Waals surface area contributed by atoms with Gasteiger partial charge < -0.3 is 15.0 Å². The van der Waals surface area contributed by atoms with Crippen molar-refractivity contribution in [1.29, 1.82) is 0 Å². The molecule has 1 N–H and O–H groups in total. The van der Waals surface area contributed by atoms with E-state index in [-0.39, 0.29) is 29.6 Å². The summed E-state index contributed by atoms with van der Waals surface area (Å²) in [6.07, 6.45) is 2.34. The summed E-state index contributed by atoms with van der Waals surface area (Å²) >= 11 is 0. The average Bonchev–Trinajstić information content (AvgIpc) is 3.28. The molecular weight excluding hydrogens is 393 g/mol. The molecule has 5 nitrogen and oxygen atoms in total. The molecule has 0 radical (unpaired) electrons. The molecule has 1 saturated carbocycles. The van der Waals surface area contributed by atoms with Gasteiger partial charge >= 0.3 is 6.09 Å². The SMILES string of the molecule is CN[C@]12CCC(OC(=O)N3CCc4ccccc4[C@@H]3c3ccc(F)cc3)[C@H]1CN(C)C2. The summed E-state index contributed by atoms with van der Waals surface area (Å²) < 4.78 is 19.8. The topological polar surface area (TPSA) is 44.8 Å². The summed E-state index contributed by atoms with van der Waals surface area (Å²) in [6, 6.07) is 14.4. The Morgan fingerprint density at radius 3 is 2.74 bits per heavy atom. The Morgan fingerprint density at radius 2 is 1.97 bits per heavy atom. The zero-order valence-electron chi connectivity index (χ0n) is 18.2. The smallest absolute Gasteiger partial charge is 0.410 e. The Kier molecular flexibility index (Phi) is 5.22. The molecule has 164 valence electrons. The van der Waals surface area contributed by atoms with E-state index in [1.54, 1.807) is 12.1 Å². The van der Waals surface area contributed by atoms with Crippen LogP contribution >= 0.6 is 0 Å². The van der Waals surface area contributed by atoms with Crippen molar-refractivity contribution in [2.45, 2.75) is 36.9 Å². The van der Waals surface area contributed by atoms with Crippen LogP contribution in [0.2, 0.25) is 0 Å². The number of nitrogens with zero attached hydrogens (tertiary/aromatic N) is 2. The van der Waals surface area contributed by atoms with Crippen LogP contribution in [-0.4, -0.2) is 61.3 Å². The molecule has 31 heavy (non-hydrogen) atoms. The van der Waals surface area contributed by atoms with E-state index in [0.717, 1.165) is 43.5 Å². The molecule has 0 spiro atoms. The van der Waals surface area contributed by atoms with Crippen molar-refractivity contribution in [3.8, 4) is 0 Å². The van der Waals surface area contributed by atoms with Crippen molar-refractivity contribution in [2.75, 3.05) is 33.7 Å². The van der Waals surface area contributed by atoms with Crippen LogP contribution in [0.25, 0.3) is 0 Å². The van der Waals surface area contributed by atoms with E-state index >= 15 is 0 Å². The second kappa shape index (κ2) is 7.92. The predicted molar refractivity (Wildman–Crippen MR) is 117 cm³/mol. The van der Waals surface area contributed by atoms with Crippen LogP contribution in [0, 0.1) is 11.7 Å². The van der Waals surface area contributed by atoms with Gasteiger partial charge in [-0.1, -0.05) is 36.4 Å². The highest BCUT2D eigenvalue weighted by molar-refractivity contribution is 5.70. The molecule has 6 heteroatoms. The lowest BCUT2D eigenvalue weighted by Crippen LogP contribution is -2.49. The summed E-state index contributed by atoms with van der Waals surface area (Å²) in [5, 5.41) is 3.52. The largest absolute Gasteiger partial charge is 0.446 e. The summed E-state index contributed by atoms with van der Waals surface area (Å²) in [7, 11) is 4.14. The van der Waals surface area contributed by atoms with E-state index in [1.165, 1.54) is 17.7 Å². The number of carbonyl (C=O) groups excluding carboxylic acids is 1. The first-order valence-electron chi connectivity index (χ1n) is 11.2. The number of rotatable bonds is 3. The van der Waals surface area contributed by atoms with Gasteiger partial charge in [-0.15, -0.1) is 0 Å². The van der Waals surface area contributed by atoms with Gasteiger partial charge in [0.1, 0.15) is 11.9 Å². The van der Waals surface area contributed by atoms with E-state index in [4.69, 9.17) is 4.74 Å². The highest BCUT2D eigenvalue weighted by atomic mass is 19.1. The first-order chi connectivity index (χ1) is 15.0. The van der Waals surface area contributed by atoms with Crippen molar-refractivity contribution >= 4 is 6.09 Å². The molecule has 0 bridgehead atoms. The number of fused-ring (bicyclic) bond motifs is 2. The number of hydrogen-bond donors (Lipinski definition) is 1. The zero-order valence-corrected chi connectivity index (χ0v) is 18.2. The minimum absolute atomic E-state index is 0.0323. The minimum atomic E-state index is -0.276. The average molecular weight is 424 g/mol. The number of carbonyl (C=O) groups is 1. The lowest BCUT2D eigenvalue weighted by atomic mass is 9.88. The molecule has 0 aromatic heterocycles. The fourth-order valence-electron chi connectivity index (χ4n) is 6.01. The molecule has 2 aliphatic heterocycles. The third-order valence-electron chi connectivity index (χ3n) is 7.55. The van der Waals surface area contributed by atoms with Gasteiger partial charge in [-0.05, 0) is 62.2 Å². The van der Waals surface area contributed by atoms with Gasteiger partial charge in [-0.25, -0.2) is 9.18 Å². The van der Waals surface area contributed by atoms with Crippen LogP contribution < -0.4 is 5.32 Å². The normalized spacial score (nSPS) is 30.2. The van der Waals surface area contributed by atoms with Crippen molar-refractivity contribution in [1.82, 2.24) is 15.1 Å². The molecule has 2 heterocycles. The standard InChI is InChI=1S/C25H30FN3O2/c1-27-25-13-11-22(21(25)15-28(2)16-25)31-24(30)29-14-12-17-5-3-4-6-20(17)23(29)18-7-9-19(26)10-8-18/h3-10,21-23,27H,11-16H2,1-2H3/t21-,22?,23+,25+/m1/s1. The summed E-state index contributed by atoms with van der Waals surface area (Å²) in [4.78, 5) is 17.6. The third-order valence-corrected chi connectivity index (χ3v) is 7.55. The van der Waals surface area contributed by atoms with E-state index < -0.39 is 0 Å². The molecule has 1 aliphatic carbocycles. The van der Waals surface area contributed by atoms with Crippen molar-refractivity contribution < 1.29 is 13.9 Å². The van der Waals surface area contributed by atoms with Crippen molar-refractivity contribution in [3.05, 3.63) is 71.0 Å². The maximum atomic E-state index is 13.6. The van der Waals surface area contributed by atoms with Gasteiger partial charge in [0.15, 0.2) is 0 Å². The van der Waals surface area contributed by atoms with Crippen molar-refractivity contribution in [2.24, 2.45) is 5.92 Å².